The van der Waals surface area contributed by atoms with E-state index in [0.717, 1.165) is 12.8 Å². The molecule has 0 N–H and O–H groups in total. The van der Waals surface area contributed by atoms with Crippen LogP contribution in [0.2, 0.25) is 0 Å². The Balaban J connectivity index is 1.85. The van der Waals surface area contributed by atoms with Gasteiger partial charge in [-0.1, -0.05) is 12.1 Å². The fourth-order valence-electron chi connectivity index (χ4n) is 2.59. The van der Waals surface area contributed by atoms with Crippen molar-refractivity contribution in [2.24, 2.45) is 0 Å². The Bertz CT molecular complexity index is 617. The molecular formula is C14H17N3O3. The van der Waals surface area contributed by atoms with Crippen LogP contribution in [0.1, 0.15) is 53.6 Å². The molecule has 0 saturated carbocycles. The third-order valence-electron chi connectivity index (χ3n) is 3.69. The van der Waals surface area contributed by atoms with Gasteiger partial charge >= 0.3 is 0 Å². The zero-order chi connectivity index (χ0) is 14.1. The molecular weight excluding hydrogens is 258 g/mol. The quantitative estimate of drug-likeness (QED) is 0.860. The third kappa shape index (κ3) is 2.11. The lowest BCUT2D eigenvalue weighted by atomic mass is 10.2. The highest BCUT2D eigenvalue weighted by Gasteiger charge is 2.34. The van der Waals surface area contributed by atoms with Crippen LogP contribution in [0.3, 0.4) is 0 Å². The van der Waals surface area contributed by atoms with Crippen LogP contribution in [0.25, 0.3) is 0 Å². The number of carbonyl (C=O) groups excluding carboxylic acids is 1. The van der Waals surface area contributed by atoms with Gasteiger partial charge in [-0.15, -0.1) is 0 Å². The van der Waals surface area contributed by atoms with Gasteiger partial charge < -0.3 is 13.8 Å². The minimum Gasteiger partial charge on any atom is -0.469 e. The molecule has 1 saturated heterocycles. The van der Waals surface area contributed by atoms with Gasteiger partial charge in [-0.3, -0.25) is 4.79 Å². The summed E-state index contributed by atoms with van der Waals surface area (Å²) in [4.78, 5) is 18.7. The summed E-state index contributed by atoms with van der Waals surface area (Å²) < 4.78 is 10.4. The normalized spacial score (nSPS) is 18.7. The van der Waals surface area contributed by atoms with Crippen molar-refractivity contribution in [2.75, 3.05) is 6.54 Å². The van der Waals surface area contributed by atoms with E-state index in [9.17, 15) is 4.79 Å². The number of amides is 1. The number of likely N-dealkylation sites (tertiary alicyclic amines) is 1. The average molecular weight is 275 g/mol. The molecule has 6 nitrogen and oxygen atoms in total. The lowest BCUT2D eigenvalue weighted by Gasteiger charge is -2.21. The molecule has 0 aliphatic carbocycles. The Labute approximate surface area is 116 Å². The molecule has 2 aromatic heterocycles. The van der Waals surface area contributed by atoms with Crippen molar-refractivity contribution in [1.82, 2.24) is 15.0 Å². The molecule has 2 aromatic rings. The second-order valence-electron chi connectivity index (χ2n) is 4.95. The van der Waals surface area contributed by atoms with E-state index in [4.69, 9.17) is 8.94 Å². The van der Waals surface area contributed by atoms with E-state index in [1.165, 1.54) is 6.26 Å². The number of nitrogens with zero attached hydrogens (tertiary/aromatic N) is 3. The lowest BCUT2D eigenvalue weighted by molar-refractivity contribution is 0.0726. The van der Waals surface area contributed by atoms with Gasteiger partial charge in [0.25, 0.3) is 5.91 Å². The van der Waals surface area contributed by atoms with Crippen LogP contribution in [0.4, 0.5) is 0 Å². The zero-order valence-corrected chi connectivity index (χ0v) is 11.6. The molecule has 0 unspecified atom stereocenters. The van der Waals surface area contributed by atoms with E-state index < -0.39 is 0 Å². The largest absolute Gasteiger partial charge is 0.469 e. The number of rotatable bonds is 3. The summed E-state index contributed by atoms with van der Waals surface area (Å²) in [6.07, 6.45) is 4.06. The minimum atomic E-state index is -0.0964. The van der Waals surface area contributed by atoms with Crippen LogP contribution >= 0.6 is 0 Å². The smallest absolute Gasteiger partial charge is 0.258 e. The number of carbonyl (C=O) groups is 1. The molecule has 3 heterocycles. The summed E-state index contributed by atoms with van der Waals surface area (Å²) in [6.45, 7) is 4.47. The van der Waals surface area contributed by atoms with Crippen LogP contribution in [-0.2, 0) is 6.42 Å². The molecule has 1 atom stereocenters. The summed E-state index contributed by atoms with van der Waals surface area (Å²) >= 11 is 0. The van der Waals surface area contributed by atoms with E-state index >= 15 is 0 Å². The first-order chi connectivity index (χ1) is 9.70. The summed E-state index contributed by atoms with van der Waals surface area (Å²) in [5.74, 6) is 1.83. The number of aromatic nitrogens is 2. The molecule has 6 heteroatoms. The maximum Gasteiger partial charge on any atom is 0.258 e. The van der Waals surface area contributed by atoms with Crippen molar-refractivity contribution in [2.45, 2.75) is 39.2 Å². The Morgan fingerprint density at radius 3 is 3.05 bits per heavy atom. The predicted molar refractivity (Wildman–Crippen MR) is 70.1 cm³/mol. The van der Waals surface area contributed by atoms with E-state index in [1.54, 1.807) is 13.0 Å². The highest BCUT2D eigenvalue weighted by Crippen LogP contribution is 2.32. The topological polar surface area (TPSA) is 72.4 Å². The van der Waals surface area contributed by atoms with E-state index in [0.29, 0.717) is 36.0 Å². The highest BCUT2D eigenvalue weighted by atomic mass is 16.5. The molecule has 3 rings (SSSR count). The van der Waals surface area contributed by atoms with Crippen molar-refractivity contribution < 1.29 is 13.7 Å². The van der Waals surface area contributed by atoms with E-state index in [2.05, 4.69) is 10.1 Å². The maximum absolute atomic E-state index is 12.6. The summed E-state index contributed by atoms with van der Waals surface area (Å²) in [6, 6.07) is 1.61. The Morgan fingerprint density at radius 1 is 1.55 bits per heavy atom. The van der Waals surface area contributed by atoms with Gasteiger partial charge in [0.05, 0.1) is 17.9 Å². The maximum atomic E-state index is 12.6. The fraction of sp³-hybridized carbons (Fsp3) is 0.500. The second kappa shape index (κ2) is 5.11. The van der Waals surface area contributed by atoms with Crippen molar-refractivity contribution in [3.05, 3.63) is 35.4 Å². The molecule has 0 spiro atoms. The predicted octanol–water partition coefficient (Wildman–Crippen LogP) is 2.51. The van der Waals surface area contributed by atoms with Gasteiger partial charge in [0.15, 0.2) is 5.82 Å². The first-order valence-corrected chi connectivity index (χ1v) is 6.88. The molecule has 0 aromatic carbocycles. The SMILES string of the molecule is CCc1nc([C@H]2CCCN2C(=O)c2ccoc2C)no1. The Morgan fingerprint density at radius 2 is 2.40 bits per heavy atom. The van der Waals surface area contributed by atoms with E-state index in [1.807, 2.05) is 11.8 Å². The van der Waals surface area contributed by atoms with Crippen LogP contribution in [0, 0.1) is 6.92 Å². The first kappa shape index (κ1) is 12.9. The van der Waals surface area contributed by atoms with E-state index in [-0.39, 0.29) is 11.9 Å². The molecule has 1 fully saturated rings. The van der Waals surface area contributed by atoms with Crippen molar-refractivity contribution >= 4 is 5.91 Å². The molecule has 1 aliphatic heterocycles. The highest BCUT2D eigenvalue weighted by molar-refractivity contribution is 5.95. The third-order valence-corrected chi connectivity index (χ3v) is 3.69. The molecule has 106 valence electrons. The Kier molecular flexibility index (Phi) is 3.30. The standard InChI is InChI=1S/C14H17N3O3/c1-3-12-15-13(16-20-12)11-5-4-7-17(11)14(18)10-6-8-19-9(10)2/h6,8,11H,3-5,7H2,1-2H3/t11-/m1/s1. The summed E-state index contributed by atoms with van der Waals surface area (Å²) in [7, 11) is 0. The molecule has 1 amide bonds. The second-order valence-corrected chi connectivity index (χ2v) is 4.95. The van der Waals surface area contributed by atoms with Crippen LogP contribution in [0.15, 0.2) is 21.3 Å². The van der Waals surface area contributed by atoms with Gasteiger partial charge in [-0.25, -0.2) is 0 Å². The van der Waals surface area contributed by atoms with Gasteiger partial charge in [-0.05, 0) is 25.8 Å². The van der Waals surface area contributed by atoms with Crippen LogP contribution in [0.5, 0.6) is 0 Å². The molecule has 0 bridgehead atoms. The van der Waals surface area contributed by atoms with Gasteiger partial charge in [0.2, 0.25) is 5.89 Å². The number of hydrogen-bond donors (Lipinski definition) is 0. The van der Waals surface area contributed by atoms with Crippen LogP contribution in [-0.4, -0.2) is 27.5 Å². The van der Waals surface area contributed by atoms with Gasteiger partial charge in [0.1, 0.15) is 5.76 Å². The van der Waals surface area contributed by atoms with Crippen LogP contribution < -0.4 is 0 Å². The van der Waals surface area contributed by atoms with Crippen molar-refractivity contribution in [3.8, 4) is 0 Å². The van der Waals surface area contributed by atoms with Gasteiger partial charge in [0, 0.05) is 13.0 Å². The number of hydrogen-bond acceptors (Lipinski definition) is 5. The fourth-order valence-corrected chi connectivity index (χ4v) is 2.59. The van der Waals surface area contributed by atoms with Crippen molar-refractivity contribution in [3.63, 3.8) is 0 Å². The first-order valence-electron chi connectivity index (χ1n) is 6.88. The molecule has 1 aliphatic rings. The van der Waals surface area contributed by atoms with Gasteiger partial charge in [-0.2, -0.15) is 4.98 Å². The Hall–Kier alpha value is -2.11. The number of furan rings is 1. The minimum absolute atomic E-state index is 0.0263. The lowest BCUT2D eigenvalue weighted by Crippen LogP contribution is -2.31. The summed E-state index contributed by atoms with van der Waals surface area (Å²) in [5.41, 5.74) is 0.608. The molecule has 20 heavy (non-hydrogen) atoms. The molecule has 0 radical (unpaired) electrons. The number of aryl methyl sites for hydroxylation is 2. The van der Waals surface area contributed by atoms with Crippen molar-refractivity contribution in [1.29, 1.82) is 0 Å². The summed E-state index contributed by atoms with van der Waals surface area (Å²) in [5, 5.41) is 4.00. The monoisotopic (exact) mass is 275 g/mol. The average Bonchev–Trinajstić information content (AvgIpc) is 3.17. The zero-order valence-electron chi connectivity index (χ0n) is 11.6.